The van der Waals surface area contributed by atoms with Crippen LogP contribution in [0.25, 0.3) is 0 Å². The van der Waals surface area contributed by atoms with E-state index < -0.39 is 12.8 Å². The summed E-state index contributed by atoms with van der Waals surface area (Å²) in [6.07, 6.45) is -0.713. The summed E-state index contributed by atoms with van der Waals surface area (Å²) in [7, 11) is 0. The summed E-state index contributed by atoms with van der Waals surface area (Å²) in [6.45, 7) is -0.962. The van der Waals surface area contributed by atoms with E-state index in [0.717, 1.165) is 19.3 Å². The van der Waals surface area contributed by atoms with Crippen LogP contribution in [-0.4, -0.2) is 19.4 Å². The Hall–Kier alpha value is -0.550. The van der Waals surface area contributed by atoms with Crippen molar-refractivity contribution in [2.75, 3.05) is 13.2 Å². The van der Waals surface area contributed by atoms with E-state index in [-0.39, 0.29) is 6.61 Å². The molecule has 19 heavy (non-hydrogen) atoms. The number of alkyl halides is 4. The molecule has 1 unspecified atom stereocenters. The zero-order chi connectivity index (χ0) is 14.1. The summed E-state index contributed by atoms with van der Waals surface area (Å²) >= 11 is 3.61. The Morgan fingerprint density at radius 1 is 1.05 bits per heavy atom. The quantitative estimate of drug-likeness (QED) is 0.464. The van der Waals surface area contributed by atoms with Gasteiger partial charge in [0.1, 0.15) is 6.61 Å². The minimum absolute atomic E-state index is 0.178. The molecule has 0 aromatic heterocycles. The third-order valence-electron chi connectivity index (χ3n) is 2.67. The van der Waals surface area contributed by atoms with Crippen LogP contribution in [0.1, 0.15) is 36.1 Å². The summed E-state index contributed by atoms with van der Waals surface area (Å²) in [5, 5.41) is 0. The largest absolute Gasteiger partial charge is 0.411 e. The van der Waals surface area contributed by atoms with E-state index in [1.54, 1.807) is 0 Å². The van der Waals surface area contributed by atoms with Crippen molar-refractivity contribution in [3.05, 3.63) is 35.9 Å². The molecule has 0 saturated heterocycles. The number of hydrogen-bond donors (Lipinski definition) is 0. The van der Waals surface area contributed by atoms with E-state index in [1.165, 1.54) is 5.56 Å². The molecule has 108 valence electrons. The van der Waals surface area contributed by atoms with E-state index >= 15 is 0 Å². The Labute approximate surface area is 120 Å². The van der Waals surface area contributed by atoms with E-state index in [4.69, 9.17) is 0 Å². The monoisotopic (exact) mass is 338 g/mol. The van der Waals surface area contributed by atoms with Gasteiger partial charge in [-0.15, -0.1) is 0 Å². The normalized spacial score (nSPS) is 13.5. The number of unbranched alkanes of at least 4 members (excludes halogenated alkanes) is 2. The average Bonchev–Trinajstić information content (AvgIpc) is 2.37. The van der Waals surface area contributed by atoms with E-state index in [1.807, 2.05) is 18.2 Å². The second kappa shape index (κ2) is 8.59. The lowest BCUT2D eigenvalue weighted by Crippen LogP contribution is -2.17. The molecule has 0 saturated carbocycles. The SMILES string of the molecule is FC(F)(F)COCCCCCC(Br)c1ccccc1. The predicted molar refractivity (Wildman–Crippen MR) is 73.5 cm³/mol. The smallest absolute Gasteiger partial charge is 0.372 e. The molecule has 0 aliphatic heterocycles. The summed E-state index contributed by atoms with van der Waals surface area (Å²) in [4.78, 5) is 0.310. The topological polar surface area (TPSA) is 9.23 Å². The van der Waals surface area contributed by atoms with Gasteiger partial charge in [0, 0.05) is 11.4 Å². The third-order valence-corrected chi connectivity index (χ3v) is 3.66. The van der Waals surface area contributed by atoms with Crippen LogP contribution in [0.3, 0.4) is 0 Å². The molecule has 0 amide bonds. The number of halogens is 4. The first-order valence-corrected chi connectivity index (χ1v) is 7.24. The van der Waals surface area contributed by atoms with Crippen LogP contribution in [-0.2, 0) is 4.74 Å². The van der Waals surface area contributed by atoms with Crippen LogP contribution >= 0.6 is 15.9 Å². The Kier molecular flexibility index (Phi) is 7.46. The van der Waals surface area contributed by atoms with Gasteiger partial charge in [-0.25, -0.2) is 0 Å². The van der Waals surface area contributed by atoms with Crippen LogP contribution in [0.4, 0.5) is 13.2 Å². The maximum absolute atomic E-state index is 11.8. The maximum atomic E-state index is 11.8. The third kappa shape index (κ3) is 8.26. The fourth-order valence-electron chi connectivity index (χ4n) is 1.72. The van der Waals surface area contributed by atoms with Crippen LogP contribution in [0.2, 0.25) is 0 Å². The number of hydrogen-bond acceptors (Lipinski definition) is 1. The van der Waals surface area contributed by atoms with Gasteiger partial charge < -0.3 is 4.74 Å². The number of ether oxygens (including phenoxy) is 1. The summed E-state index contributed by atoms with van der Waals surface area (Å²) in [5.74, 6) is 0. The van der Waals surface area contributed by atoms with Gasteiger partial charge in [0.2, 0.25) is 0 Å². The summed E-state index contributed by atoms with van der Waals surface area (Å²) in [6, 6.07) is 10.1. The highest BCUT2D eigenvalue weighted by molar-refractivity contribution is 9.09. The zero-order valence-electron chi connectivity index (χ0n) is 10.6. The fourth-order valence-corrected chi connectivity index (χ4v) is 2.35. The summed E-state index contributed by atoms with van der Waals surface area (Å²) < 4.78 is 39.9. The molecule has 5 heteroatoms. The van der Waals surface area contributed by atoms with E-state index in [0.29, 0.717) is 11.2 Å². The molecular formula is C14H18BrF3O. The highest BCUT2D eigenvalue weighted by Gasteiger charge is 2.27. The molecule has 1 atom stereocenters. The lowest BCUT2D eigenvalue weighted by Gasteiger charge is -2.10. The lowest BCUT2D eigenvalue weighted by atomic mass is 10.1. The first kappa shape index (κ1) is 16.5. The molecule has 0 heterocycles. The van der Waals surface area contributed by atoms with Crippen molar-refractivity contribution in [3.63, 3.8) is 0 Å². The van der Waals surface area contributed by atoms with Crippen molar-refractivity contribution in [2.45, 2.75) is 36.7 Å². The van der Waals surface area contributed by atoms with Gasteiger partial charge in [0.25, 0.3) is 0 Å². The molecule has 0 N–H and O–H groups in total. The molecule has 1 nitrogen and oxygen atoms in total. The molecule has 0 spiro atoms. The molecule has 0 aliphatic carbocycles. The van der Waals surface area contributed by atoms with Crippen molar-refractivity contribution in [1.82, 2.24) is 0 Å². The van der Waals surface area contributed by atoms with Gasteiger partial charge in [-0.1, -0.05) is 59.1 Å². The van der Waals surface area contributed by atoms with Crippen molar-refractivity contribution in [1.29, 1.82) is 0 Å². The first-order valence-electron chi connectivity index (χ1n) is 6.32. The van der Waals surface area contributed by atoms with Gasteiger partial charge in [-0.05, 0) is 18.4 Å². The second-order valence-electron chi connectivity index (χ2n) is 4.40. The first-order chi connectivity index (χ1) is 8.99. The molecule has 0 radical (unpaired) electrons. The Morgan fingerprint density at radius 3 is 2.37 bits per heavy atom. The van der Waals surface area contributed by atoms with Gasteiger partial charge in [-0.2, -0.15) is 13.2 Å². The van der Waals surface area contributed by atoms with Gasteiger partial charge in [-0.3, -0.25) is 0 Å². The van der Waals surface area contributed by atoms with Gasteiger partial charge in [0.05, 0.1) is 0 Å². The van der Waals surface area contributed by atoms with E-state index in [9.17, 15) is 13.2 Å². The molecule has 0 fully saturated rings. The van der Waals surface area contributed by atoms with Crippen molar-refractivity contribution in [2.24, 2.45) is 0 Å². The maximum Gasteiger partial charge on any atom is 0.411 e. The highest BCUT2D eigenvalue weighted by atomic mass is 79.9. The highest BCUT2D eigenvalue weighted by Crippen LogP contribution is 2.28. The standard InChI is InChI=1S/C14H18BrF3O/c15-13(12-7-3-1-4-8-12)9-5-2-6-10-19-11-14(16,17)18/h1,3-4,7-8,13H,2,5-6,9-11H2. The van der Waals surface area contributed by atoms with Crippen molar-refractivity contribution >= 4 is 15.9 Å². The van der Waals surface area contributed by atoms with E-state index in [2.05, 4.69) is 32.8 Å². The molecule has 0 bridgehead atoms. The molecule has 0 aliphatic rings. The molecular weight excluding hydrogens is 321 g/mol. The van der Waals surface area contributed by atoms with Crippen LogP contribution in [0, 0.1) is 0 Å². The van der Waals surface area contributed by atoms with Gasteiger partial charge in [0.15, 0.2) is 0 Å². The van der Waals surface area contributed by atoms with Crippen LogP contribution < -0.4 is 0 Å². The Balaban J connectivity index is 2.02. The number of rotatable bonds is 8. The zero-order valence-corrected chi connectivity index (χ0v) is 12.2. The van der Waals surface area contributed by atoms with Crippen molar-refractivity contribution < 1.29 is 17.9 Å². The average molecular weight is 339 g/mol. The summed E-state index contributed by atoms with van der Waals surface area (Å²) in [5.41, 5.74) is 1.23. The Morgan fingerprint density at radius 2 is 1.74 bits per heavy atom. The molecule has 1 aromatic carbocycles. The molecule has 1 rings (SSSR count). The Bertz CT molecular complexity index is 340. The van der Waals surface area contributed by atoms with Gasteiger partial charge >= 0.3 is 6.18 Å². The minimum atomic E-state index is -4.21. The predicted octanol–water partition coefficient (Wildman–Crippen LogP) is 5.26. The minimum Gasteiger partial charge on any atom is -0.372 e. The van der Waals surface area contributed by atoms with Crippen LogP contribution in [0.15, 0.2) is 30.3 Å². The fraction of sp³-hybridized carbons (Fsp3) is 0.571. The lowest BCUT2D eigenvalue weighted by molar-refractivity contribution is -0.174. The second-order valence-corrected chi connectivity index (χ2v) is 5.50. The van der Waals surface area contributed by atoms with Crippen molar-refractivity contribution in [3.8, 4) is 0 Å². The van der Waals surface area contributed by atoms with Crippen LogP contribution in [0.5, 0.6) is 0 Å². The number of benzene rings is 1. The molecule has 1 aromatic rings.